The molecule has 0 saturated carbocycles. The molecule has 4 aromatic rings. The van der Waals surface area contributed by atoms with Crippen LogP contribution < -0.4 is 4.74 Å². The number of hydrogen-bond acceptors (Lipinski definition) is 5. The number of benzene rings is 3. The Balaban J connectivity index is 1.27. The second-order valence-electron chi connectivity index (χ2n) is 10.3. The number of morpholine rings is 1. The molecule has 37 heavy (non-hydrogen) atoms. The maximum atomic E-state index is 5.54. The average Bonchev–Trinajstić information content (AvgIpc) is 3.58. The number of likely N-dealkylation sites (tertiary alicyclic amines) is 1. The zero-order valence-corrected chi connectivity index (χ0v) is 22.6. The molecule has 2 aliphatic heterocycles. The average molecular weight is 513 g/mol. The molecule has 0 amide bonds. The van der Waals surface area contributed by atoms with Crippen molar-refractivity contribution in [2.75, 3.05) is 46.5 Å². The van der Waals surface area contributed by atoms with Gasteiger partial charge in [-0.2, -0.15) is 0 Å². The molecule has 0 atom stereocenters. The van der Waals surface area contributed by atoms with Gasteiger partial charge in [0.1, 0.15) is 5.75 Å². The summed E-state index contributed by atoms with van der Waals surface area (Å²) in [7, 11) is 1.74. The van der Waals surface area contributed by atoms with Gasteiger partial charge < -0.3 is 9.47 Å². The first-order chi connectivity index (χ1) is 18.2. The fourth-order valence-electron chi connectivity index (χ4n) is 5.61. The Kier molecular flexibility index (Phi) is 7.56. The van der Waals surface area contributed by atoms with Gasteiger partial charge in [-0.25, -0.2) is 0 Å². The van der Waals surface area contributed by atoms with Gasteiger partial charge in [0.2, 0.25) is 0 Å². The number of hydrogen-bond donors (Lipinski definition) is 0. The predicted molar refractivity (Wildman–Crippen MR) is 154 cm³/mol. The summed E-state index contributed by atoms with van der Waals surface area (Å²) >= 11 is 1.88. The molecule has 4 nitrogen and oxygen atoms in total. The van der Waals surface area contributed by atoms with Gasteiger partial charge in [0.05, 0.1) is 20.3 Å². The molecular weight excluding hydrogens is 476 g/mol. The largest absolute Gasteiger partial charge is 0.497 e. The molecule has 6 rings (SSSR count). The van der Waals surface area contributed by atoms with E-state index < -0.39 is 0 Å². The molecule has 0 spiro atoms. The fraction of sp³-hybridized carbons (Fsp3) is 0.375. The zero-order valence-electron chi connectivity index (χ0n) is 21.7. The Bertz CT molecular complexity index is 1320. The van der Waals surface area contributed by atoms with Crippen molar-refractivity contribution in [3.63, 3.8) is 0 Å². The Morgan fingerprint density at radius 3 is 2.05 bits per heavy atom. The predicted octanol–water partition coefficient (Wildman–Crippen LogP) is 6.60. The molecule has 5 heteroatoms. The molecule has 0 radical (unpaired) electrons. The first-order valence-corrected chi connectivity index (χ1v) is 14.4. The number of ether oxygens (including phenoxy) is 2. The number of methoxy groups -OCH3 is 1. The van der Waals surface area contributed by atoms with Gasteiger partial charge >= 0.3 is 0 Å². The maximum Gasteiger partial charge on any atom is 0.120 e. The summed E-state index contributed by atoms with van der Waals surface area (Å²) in [5.74, 6) is 0.916. The lowest BCUT2D eigenvalue weighted by Gasteiger charge is -2.26. The van der Waals surface area contributed by atoms with Gasteiger partial charge in [0, 0.05) is 35.8 Å². The van der Waals surface area contributed by atoms with E-state index in [1.54, 1.807) is 7.11 Å². The van der Waals surface area contributed by atoms with Crippen LogP contribution in [-0.4, -0.2) is 56.3 Å². The van der Waals surface area contributed by atoms with Crippen molar-refractivity contribution in [2.24, 2.45) is 0 Å². The maximum absolute atomic E-state index is 5.54. The molecule has 0 bridgehead atoms. The van der Waals surface area contributed by atoms with E-state index in [9.17, 15) is 0 Å². The molecule has 1 aromatic heterocycles. The molecule has 0 unspecified atom stereocenters. The molecule has 2 fully saturated rings. The second kappa shape index (κ2) is 11.4. The van der Waals surface area contributed by atoms with E-state index >= 15 is 0 Å². The molecule has 192 valence electrons. The number of rotatable bonds is 8. The molecule has 2 saturated heterocycles. The summed E-state index contributed by atoms with van der Waals surface area (Å²) in [6, 6.07) is 25.0. The lowest BCUT2D eigenvalue weighted by atomic mass is 9.97. The highest BCUT2D eigenvalue weighted by Crippen LogP contribution is 2.41. The van der Waals surface area contributed by atoms with Crippen molar-refractivity contribution in [2.45, 2.75) is 32.4 Å². The highest BCUT2D eigenvalue weighted by atomic mass is 32.1. The van der Waals surface area contributed by atoms with Gasteiger partial charge in [-0.15, -0.1) is 11.3 Å². The molecule has 3 heterocycles. The standard InChI is InChI=1S/C32H36N2O2S/c1-35-28-12-13-29-30(20-24-4-6-25(7-5-24)22-33-14-2-3-15-33)32(37-31(29)21-28)27-10-8-26(9-11-27)23-34-16-18-36-19-17-34/h4-13,21H,2-3,14-20,22-23H2,1H3. The van der Waals surface area contributed by atoms with Crippen LogP contribution in [0, 0.1) is 0 Å². The van der Waals surface area contributed by atoms with Crippen LogP contribution in [0.4, 0.5) is 0 Å². The van der Waals surface area contributed by atoms with E-state index in [2.05, 4.69) is 76.5 Å². The zero-order chi connectivity index (χ0) is 25.0. The van der Waals surface area contributed by atoms with E-state index in [-0.39, 0.29) is 0 Å². The summed E-state index contributed by atoms with van der Waals surface area (Å²) in [5.41, 5.74) is 6.86. The fourth-order valence-corrected chi connectivity index (χ4v) is 6.87. The van der Waals surface area contributed by atoms with Crippen molar-refractivity contribution in [3.8, 4) is 16.2 Å². The van der Waals surface area contributed by atoms with Crippen LogP contribution in [0.5, 0.6) is 5.75 Å². The number of nitrogens with zero attached hydrogens (tertiary/aromatic N) is 2. The molecule has 0 N–H and O–H groups in total. The van der Waals surface area contributed by atoms with Gasteiger partial charge in [-0.1, -0.05) is 48.5 Å². The monoisotopic (exact) mass is 512 g/mol. The highest BCUT2D eigenvalue weighted by Gasteiger charge is 2.17. The summed E-state index contributed by atoms with van der Waals surface area (Å²) in [4.78, 5) is 6.40. The Morgan fingerprint density at radius 1 is 0.757 bits per heavy atom. The number of fused-ring (bicyclic) bond motifs is 1. The molecular formula is C32H36N2O2S. The summed E-state index contributed by atoms with van der Waals surface area (Å²) in [6.45, 7) is 8.24. The van der Waals surface area contributed by atoms with Crippen LogP contribution in [0.15, 0.2) is 66.7 Å². The summed E-state index contributed by atoms with van der Waals surface area (Å²) in [6.07, 6.45) is 3.61. The topological polar surface area (TPSA) is 24.9 Å². The third-order valence-corrected chi connectivity index (χ3v) is 8.98. The van der Waals surface area contributed by atoms with Crippen LogP contribution in [-0.2, 0) is 24.2 Å². The minimum Gasteiger partial charge on any atom is -0.497 e. The third-order valence-electron chi connectivity index (χ3n) is 7.73. The molecule has 3 aromatic carbocycles. The third kappa shape index (κ3) is 5.75. The first kappa shape index (κ1) is 24.6. The minimum atomic E-state index is 0.839. The van der Waals surface area contributed by atoms with Gasteiger partial charge in [0.25, 0.3) is 0 Å². The van der Waals surface area contributed by atoms with E-state index in [1.807, 2.05) is 11.3 Å². The van der Waals surface area contributed by atoms with E-state index in [4.69, 9.17) is 9.47 Å². The summed E-state index contributed by atoms with van der Waals surface area (Å²) in [5, 5.41) is 1.33. The van der Waals surface area contributed by atoms with E-state index in [0.717, 1.165) is 51.6 Å². The van der Waals surface area contributed by atoms with Crippen LogP contribution in [0.25, 0.3) is 20.5 Å². The highest BCUT2D eigenvalue weighted by molar-refractivity contribution is 7.22. The molecule has 2 aliphatic rings. The van der Waals surface area contributed by atoms with Crippen molar-refractivity contribution in [1.82, 2.24) is 9.80 Å². The Morgan fingerprint density at radius 2 is 1.38 bits per heavy atom. The van der Waals surface area contributed by atoms with Gasteiger partial charge in [-0.3, -0.25) is 9.80 Å². The van der Waals surface area contributed by atoms with Crippen LogP contribution in [0.2, 0.25) is 0 Å². The minimum absolute atomic E-state index is 0.839. The van der Waals surface area contributed by atoms with E-state index in [0.29, 0.717) is 0 Å². The Labute approximate surface area is 224 Å². The molecule has 0 aliphatic carbocycles. The van der Waals surface area contributed by atoms with E-state index in [1.165, 1.54) is 68.7 Å². The van der Waals surface area contributed by atoms with Crippen LogP contribution >= 0.6 is 11.3 Å². The van der Waals surface area contributed by atoms with Gasteiger partial charge in [0.15, 0.2) is 0 Å². The smallest absolute Gasteiger partial charge is 0.120 e. The van der Waals surface area contributed by atoms with Crippen molar-refractivity contribution in [1.29, 1.82) is 0 Å². The Hall–Kier alpha value is -2.70. The van der Waals surface area contributed by atoms with Crippen molar-refractivity contribution >= 4 is 21.4 Å². The van der Waals surface area contributed by atoms with Crippen molar-refractivity contribution in [3.05, 3.63) is 89.0 Å². The lowest BCUT2D eigenvalue weighted by molar-refractivity contribution is 0.0342. The van der Waals surface area contributed by atoms with Crippen molar-refractivity contribution < 1.29 is 9.47 Å². The van der Waals surface area contributed by atoms with Crippen LogP contribution in [0.1, 0.15) is 35.1 Å². The number of thiophene rings is 1. The normalized spacial score (nSPS) is 17.0. The van der Waals surface area contributed by atoms with Crippen LogP contribution in [0.3, 0.4) is 0 Å². The summed E-state index contributed by atoms with van der Waals surface area (Å²) < 4.78 is 12.3. The van der Waals surface area contributed by atoms with Gasteiger partial charge in [-0.05, 0) is 83.8 Å². The SMILES string of the molecule is COc1ccc2c(Cc3ccc(CN4CCCC4)cc3)c(-c3ccc(CN4CCOCC4)cc3)sc2c1. The second-order valence-corrected chi connectivity index (χ2v) is 11.4. The lowest BCUT2D eigenvalue weighted by Crippen LogP contribution is -2.35. The quantitative estimate of drug-likeness (QED) is 0.266. The first-order valence-electron chi connectivity index (χ1n) is 13.5.